The number of rotatable bonds is 5. The van der Waals surface area contributed by atoms with Crippen LogP contribution >= 0.6 is 11.8 Å². The van der Waals surface area contributed by atoms with Crippen LogP contribution in [0.5, 0.6) is 0 Å². The van der Waals surface area contributed by atoms with Gasteiger partial charge in [-0.1, -0.05) is 18.6 Å². The fraction of sp³-hybridized carbons (Fsp3) is 0.526. The van der Waals surface area contributed by atoms with Crippen LogP contribution in [0, 0.1) is 0 Å². The molecule has 1 fully saturated rings. The predicted molar refractivity (Wildman–Crippen MR) is 111 cm³/mol. The molecule has 3 heterocycles. The van der Waals surface area contributed by atoms with Crippen LogP contribution < -0.4 is 5.32 Å². The molecular weight excluding hydrogens is 396 g/mol. The molecule has 1 amide bonds. The lowest BCUT2D eigenvalue weighted by Gasteiger charge is -2.10. The van der Waals surface area contributed by atoms with Crippen molar-refractivity contribution < 1.29 is 13.2 Å². The van der Waals surface area contributed by atoms with Crippen LogP contribution in [0.25, 0.3) is 11.4 Å². The smallest absolute Gasteiger partial charge is 0.234 e. The third kappa shape index (κ3) is 4.57. The van der Waals surface area contributed by atoms with Crippen molar-refractivity contribution in [1.82, 2.24) is 14.8 Å². The number of nitrogens with zero attached hydrogens (tertiary/aromatic N) is 3. The SMILES string of the molecule is O=C(CS[C@@H]1CCS(=O)(=O)C1)Nc1cccc(-c2nnc3n2CCCCC3)c1. The summed E-state index contributed by atoms with van der Waals surface area (Å²) in [6.07, 6.45) is 5.07. The zero-order valence-electron chi connectivity index (χ0n) is 15.6. The summed E-state index contributed by atoms with van der Waals surface area (Å²) in [5, 5.41) is 11.7. The number of carbonyl (C=O) groups excluding carboxylic acids is 1. The lowest BCUT2D eigenvalue weighted by molar-refractivity contribution is -0.113. The maximum Gasteiger partial charge on any atom is 0.234 e. The number of sulfone groups is 1. The Labute approximate surface area is 169 Å². The normalized spacial score (nSPS) is 21.1. The van der Waals surface area contributed by atoms with E-state index in [-0.39, 0.29) is 28.4 Å². The van der Waals surface area contributed by atoms with Crippen molar-refractivity contribution >= 4 is 33.2 Å². The third-order valence-electron chi connectivity index (χ3n) is 5.15. The van der Waals surface area contributed by atoms with Gasteiger partial charge in [0, 0.05) is 29.5 Å². The number of hydrogen-bond donors (Lipinski definition) is 1. The largest absolute Gasteiger partial charge is 0.325 e. The molecule has 150 valence electrons. The Morgan fingerprint density at radius 3 is 2.96 bits per heavy atom. The summed E-state index contributed by atoms with van der Waals surface area (Å²) in [5.41, 5.74) is 1.65. The molecule has 0 bridgehead atoms. The molecule has 0 spiro atoms. The van der Waals surface area contributed by atoms with E-state index in [0.717, 1.165) is 43.0 Å². The first-order valence-corrected chi connectivity index (χ1v) is 12.5. The molecule has 0 radical (unpaired) electrons. The third-order valence-corrected chi connectivity index (χ3v) is 8.44. The average Bonchev–Trinajstić information content (AvgIpc) is 3.14. The van der Waals surface area contributed by atoms with Crippen molar-refractivity contribution in [3.8, 4) is 11.4 Å². The molecule has 4 rings (SSSR count). The topological polar surface area (TPSA) is 93.9 Å². The number of benzene rings is 1. The van der Waals surface area contributed by atoms with E-state index >= 15 is 0 Å². The van der Waals surface area contributed by atoms with Crippen LogP contribution in [-0.2, 0) is 27.6 Å². The number of hydrogen-bond acceptors (Lipinski definition) is 6. The molecule has 0 saturated carbocycles. The number of nitrogens with one attached hydrogen (secondary N) is 1. The number of aromatic nitrogens is 3. The van der Waals surface area contributed by atoms with Gasteiger partial charge in [0.1, 0.15) is 5.82 Å². The van der Waals surface area contributed by atoms with Crippen LogP contribution in [0.2, 0.25) is 0 Å². The van der Waals surface area contributed by atoms with E-state index in [1.807, 2.05) is 24.3 Å². The van der Waals surface area contributed by atoms with Crippen molar-refractivity contribution in [2.24, 2.45) is 0 Å². The molecule has 1 atom stereocenters. The highest BCUT2D eigenvalue weighted by atomic mass is 32.2. The predicted octanol–water partition coefficient (Wildman–Crippen LogP) is 2.53. The summed E-state index contributed by atoms with van der Waals surface area (Å²) >= 11 is 1.42. The van der Waals surface area contributed by atoms with Crippen LogP contribution in [0.3, 0.4) is 0 Å². The molecule has 2 aromatic rings. The lowest BCUT2D eigenvalue weighted by atomic mass is 10.2. The van der Waals surface area contributed by atoms with Crippen molar-refractivity contribution in [2.75, 3.05) is 22.6 Å². The van der Waals surface area contributed by atoms with Gasteiger partial charge >= 0.3 is 0 Å². The maximum absolute atomic E-state index is 12.3. The first-order valence-electron chi connectivity index (χ1n) is 9.64. The van der Waals surface area contributed by atoms with Gasteiger partial charge in [-0.3, -0.25) is 4.79 Å². The number of aryl methyl sites for hydroxylation is 1. The molecule has 0 aliphatic carbocycles. The lowest BCUT2D eigenvalue weighted by Crippen LogP contribution is -2.17. The highest BCUT2D eigenvalue weighted by molar-refractivity contribution is 8.02. The Balaban J connectivity index is 1.40. The van der Waals surface area contributed by atoms with E-state index in [0.29, 0.717) is 12.1 Å². The fourth-order valence-electron chi connectivity index (χ4n) is 3.72. The van der Waals surface area contributed by atoms with Crippen LogP contribution in [0.1, 0.15) is 31.5 Å². The van der Waals surface area contributed by atoms with Gasteiger partial charge in [0.2, 0.25) is 5.91 Å². The van der Waals surface area contributed by atoms with E-state index in [2.05, 4.69) is 20.1 Å². The van der Waals surface area contributed by atoms with E-state index in [4.69, 9.17) is 0 Å². The Morgan fingerprint density at radius 1 is 1.25 bits per heavy atom. The zero-order chi connectivity index (χ0) is 19.6. The van der Waals surface area contributed by atoms with Crippen LogP contribution in [0.15, 0.2) is 24.3 Å². The minimum Gasteiger partial charge on any atom is -0.325 e. The molecular formula is C19H24N4O3S2. The van der Waals surface area contributed by atoms with E-state index in [9.17, 15) is 13.2 Å². The Morgan fingerprint density at radius 2 is 2.14 bits per heavy atom. The van der Waals surface area contributed by atoms with Gasteiger partial charge in [-0.2, -0.15) is 0 Å². The first-order chi connectivity index (χ1) is 13.5. The summed E-state index contributed by atoms with van der Waals surface area (Å²) in [6.45, 7) is 0.926. The van der Waals surface area contributed by atoms with Crippen molar-refractivity contribution in [3.63, 3.8) is 0 Å². The van der Waals surface area contributed by atoms with Crippen LogP contribution in [-0.4, -0.2) is 51.6 Å². The van der Waals surface area contributed by atoms with E-state index in [1.165, 1.54) is 18.2 Å². The summed E-state index contributed by atoms with van der Waals surface area (Å²) in [7, 11) is -2.91. The van der Waals surface area contributed by atoms with Crippen molar-refractivity contribution in [3.05, 3.63) is 30.1 Å². The fourth-order valence-corrected chi connectivity index (χ4v) is 7.16. The van der Waals surface area contributed by atoms with Gasteiger partial charge < -0.3 is 9.88 Å². The number of carbonyl (C=O) groups is 1. The Hall–Kier alpha value is -1.87. The number of anilines is 1. The number of amides is 1. The number of fused-ring (bicyclic) bond motifs is 1. The second-order valence-corrected chi connectivity index (χ2v) is 10.9. The molecule has 7 nitrogen and oxygen atoms in total. The summed E-state index contributed by atoms with van der Waals surface area (Å²) in [5.74, 6) is 2.43. The molecule has 1 aromatic heterocycles. The maximum atomic E-state index is 12.3. The molecule has 1 N–H and O–H groups in total. The molecule has 28 heavy (non-hydrogen) atoms. The average molecular weight is 421 g/mol. The molecule has 9 heteroatoms. The van der Waals surface area contributed by atoms with Crippen LogP contribution in [0.4, 0.5) is 5.69 Å². The standard InChI is InChI=1S/C19H24N4O3S2/c24-18(12-27-16-8-10-28(25,26)13-16)20-15-6-4-5-14(11-15)19-22-21-17-7-2-1-3-9-23(17)19/h4-6,11,16H,1-3,7-10,12-13H2,(H,20,24)/t16-/m1/s1. The van der Waals surface area contributed by atoms with E-state index < -0.39 is 9.84 Å². The molecule has 1 saturated heterocycles. The summed E-state index contributed by atoms with van der Waals surface area (Å²) in [4.78, 5) is 12.3. The summed E-state index contributed by atoms with van der Waals surface area (Å²) < 4.78 is 25.2. The number of thioether (sulfide) groups is 1. The minimum atomic E-state index is -2.91. The Bertz CT molecular complexity index is 971. The molecule has 2 aliphatic rings. The zero-order valence-corrected chi connectivity index (χ0v) is 17.3. The second kappa shape index (κ2) is 8.24. The molecule has 0 unspecified atom stereocenters. The first kappa shape index (κ1) is 19.4. The highest BCUT2D eigenvalue weighted by Crippen LogP contribution is 2.26. The summed E-state index contributed by atoms with van der Waals surface area (Å²) in [6, 6.07) is 7.66. The quantitative estimate of drug-likeness (QED) is 0.799. The minimum absolute atomic E-state index is 0.0218. The van der Waals surface area contributed by atoms with Crippen molar-refractivity contribution in [2.45, 2.75) is 43.9 Å². The van der Waals surface area contributed by atoms with Gasteiger partial charge in [0.25, 0.3) is 0 Å². The van der Waals surface area contributed by atoms with Gasteiger partial charge in [0.05, 0.1) is 17.3 Å². The molecule has 1 aromatic carbocycles. The van der Waals surface area contributed by atoms with Gasteiger partial charge in [-0.15, -0.1) is 22.0 Å². The van der Waals surface area contributed by atoms with E-state index in [1.54, 1.807) is 0 Å². The van der Waals surface area contributed by atoms with Gasteiger partial charge in [-0.05, 0) is 31.4 Å². The van der Waals surface area contributed by atoms with Gasteiger partial charge in [-0.25, -0.2) is 8.42 Å². The second-order valence-electron chi connectivity index (χ2n) is 7.37. The monoisotopic (exact) mass is 420 g/mol. The Kier molecular flexibility index (Phi) is 5.73. The van der Waals surface area contributed by atoms with Crippen molar-refractivity contribution in [1.29, 1.82) is 0 Å². The van der Waals surface area contributed by atoms with Gasteiger partial charge in [0.15, 0.2) is 15.7 Å². The molecule has 2 aliphatic heterocycles. The highest BCUT2D eigenvalue weighted by Gasteiger charge is 2.28.